The average molecular weight is 437 g/mol. The molecule has 8 heteroatoms. The van der Waals surface area contributed by atoms with E-state index in [0.717, 1.165) is 11.4 Å². The number of hydrogen-bond acceptors (Lipinski definition) is 5. The maximum Gasteiger partial charge on any atom is 0.358 e. The van der Waals surface area contributed by atoms with Crippen LogP contribution in [-0.2, 0) is 0 Å². The Morgan fingerprint density at radius 1 is 1.06 bits per heavy atom. The van der Waals surface area contributed by atoms with E-state index in [1.165, 1.54) is 11.8 Å². The molecule has 0 fully saturated rings. The highest BCUT2D eigenvalue weighted by Crippen LogP contribution is 2.31. The van der Waals surface area contributed by atoms with Gasteiger partial charge in [0.1, 0.15) is 5.75 Å². The Balaban J connectivity index is 1.79. The lowest BCUT2D eigenvalue weighted by atomic mass is 10.0. The van der Waals surface area contributed by atoms with Crippen molar-refractivity contribution in [1.29, 1.82) is 0 Å². The van der Waals surface area contributed by atoms with Gasteiger partial charge in [0.05, 0.1) is 11.4 Å². The number of thiocarbonyl (C=S) groups is 1. The lowest BCUT2D eigenvalue weighted by Gasteiger charge is -2.16. The second kappa shape index (κ2) is 9.90. The molecule has 4 N–H and O–H groups in total. The van der Waals surface area contributed by atoms with Gasteiger partial charge in [-0.25, -0.2) is 9.78 Å². The van der Waals surface area contributed by atoms with Gasteiger partial charge in [-0.05, 0) is 60.1 Å². The second-order valence-corrected chi connectivity index (χ2v) is 7.48. The highest BCUT2D eigenvalue weighted by atomic mass is 32.1. The molecular weight excluding hydrogens is 412 g/mol. The van der Waals surface area contributed by atoms with E-state index >= 15 is 0 Å². The molecule has 2 aromatic carbocycles. The summed E-state index contributed by atoms with van der Waals surface area (Å²) < 4.78 is 5.78. The number of carboxylic acids is 1. The summed E-state index contributed by atoms with van der Waals surface area (Å²) >= 11 is 5.48. The highest BCUT2D eigenvalue weighted by molar-refractivity contribution is 7.80. The van der Waals surface area contributed by atoms with Gasteiger partial charge in [0.15, 0.2) is 16.6 Å². The number of pyridine rings is 1. The van der Waals surface area contributed by atoms with Gasteiger partial charge in [0, 0.05) is 25.0 Å². The molecule has 0 aliphatic carbocycles. The Morgan fingerprint density at radius 3 is 2.58 bits per heavy atom. The Kier molecular flexibility index (Phi) is 7.04. The molecule has 0 atom stereocenters. The number of ether oxygens (including phenoxy) is 1. The van der Waals surface area contributed by atoms with Crippen LogP contribution in [0.25, 0.3) is 0 Å². The van der Waals surface area contributed by atoms with Crippen LogP contribution in [0.2, 0.25) is 0 Å². The topological polar surface area (TPSA) is 95.5 Å². The van der Waals surface area contributed by atoms with Gasteiger partial charge in [-0.3, -0.25) is 0 Å². The van der Waals surface area contributed by atoms with Gasteiger partial charge in [0.2, 0.25) is 0 Å². The number of hydrogen-bond donors (Lipinski definition) is 4. The number of nitrogens with zero attached hydrogens (tertiary/aromatic N) is 1. The first-order valence-corrected chi connectivity index (χ1v) is 10.1. The fraction of sp³-hybridized carbons (Fsp3) is 0.174. The maximum atomic E-state index is 11.4. The maximum absolute atomic E-state index is 11.4. The van der Waals surface area contributed by atoms with E-state index < -0.39 is 5.97 Å². The molecule has 1 aromatic heterocycles. The number of carbonyl (C=O) groups is 1. The molecule has 3 rings (SSSR count). The predicted molar refractivity (Wildman–Crippen MR) is 128 cm³/mol. The van der Waals surface area contributed by atoms with Crippen LogP contribution in [0.5, 0.6) is 11.5 Å². The van der Waals surface area contributed by atoms with Crippen LogP contribution in [0.1, 0.15) is 35.8 Å². The van der Waals surface area contributed by atoms with Gasteiger partial charge in [-0.1, -0.05) is 26.0 Å². The average Bonchev–Trinajstić information content (AvgIpc) is 2.74. The van der Waals surface area contributed by atoms with Crippen molar-refractivity contribution in [3.05, 3.63) is 72.1 Å². The first-order valence-electron chi connectivity index (χ1n) is 9.73. The molecular formula is C23H24N4O3S. The highest BCUT2D eigenvalue weighted by Gasteiger charge is 2.14. The normalized spacial score (nSPS) is 10.5. The molecule has 31 heavy (non-hydrogen) atoms. The lowest BCUT2D eigenvalue weighted by molar-refractivity contribution is 0.0687. The molecule has 1 heterocycles. The van der Waals surface area contributed by atoms with Crippen LogP contribution in [0.3, 0.4) is 0 Å². The number of aromatic carboxylic acids is 1. The number of benzene rings is 2. The summed E-state index contributed by atoms with van der Waals surface area (Å²) in [4.78, 5) is 15.2. The minimum Gasteiger partial charge on any atom is -0.476 e. The van der Waals surface area contributed by atoms with Crippen LogP contribution in [0.15, 0.2) is 60.8 Å². The molecule has 0 radical (unpaired) electrons. The molecule has 0 bridgehead atoms. The third-order valence-corrected chi connectivity index (χ3v) is 4.72. The van der Waals surface area contributed by atoms with Crippen molar-refractivity contribution >= 4 is 40.4 Å². The number of anilines is 3. The zero-order valence-electron chi connectivity index (χ0n) is 17.5. The van der Waals surface area contributed by atoms with Crippen LogP contribution in [0.4, 0.5) is 17.1 Å². The summed E-state index contributed by atoms with van der Waals surface area (Å²) in [7, 11) is 1.80. The van der Waals surface area contributed by atoms with E-state index in [9.17, 15) is 9.90 Å². The van der Waals surface area contributed by atoms with E-state index in [0.29, 0.717) is 22.5 Å². The lowest BCUT2D eigenvalue weighted by Crippen LogP contribution is -2.20. The smallest absolute Gasteiger partial charge is 0.358 e. The zero-order chi connectivity index (χ0) is 22.4. The van der Waals surface area contributed by atoms with Crippen molar-refractivity contribution in [2.45, 2.75) is 19.8 Å². The number of rotatable bonds is 7. The van der Waals surface area contributed by atoms with Gasteiger partial charge >= 0.3 is 5.97 Å². The minimum atomic E-state index is -1.16. The minimum absolute atomic E-state index is 0.156. The van der Waals surface area contributed by atoms with Gasteiger partial charge in [-0.2, -0.15) is 0 Å². The van der Waals surface area contributed by atoms with Crippen molar-refractivity contribution in [2.24, 2.45) is 0 Å². The standard InChI is InChI=1S/C23H24N4O3S/c1-14(2)15-6-4-7-16(12-15)26-23(31)27-19-13-17(9-10-18(19)24-3)30-20-8-5-11-25-21(20)22(28)29/h4-14,24H,1-3H3,(H,28,29)(H2,26,27,31). The van der Waals surface area contributed by atoms with Crippen molar-refractivity contribution in [3.8, 4) is 11.5 Å². The molecule has 0 saturated carbocycles. The van der Waals surface area contributed by atoms with E-state index in [4.69, 9.17) is 17.0 Å². The number of carboxylic acid groups (broad SMARTS) is 1. The molecule has 160 valence electrons. The third-order valence-electron chi connectivity index (χ3n) is 4.52. The van der Waals surface area contributed by atoms with Crippen LogP contribution in [0, 0.1) is 0 Å². The van der Waals surface area contributed by atoms with Crippen molar-refractivity contribution < 1.29 is 14.6 Å². The molecule has 0 unspecified atom stereocenters. The van der Waals surface area contributed by atoms with E-state index in [1.807, 2.05) is 18.2 Å². The zero-order valence-corrected chi connectivity index (χ0v) is 18.3. The molecule has 0 amide bonds. The summed E-state index contributed by atoms with van der Waals surface area (Å²) in [5.74, 6) is -0.142. The van der Waals surface area contributed by atoms with Crippen molar-refractivity contribution in [1.82, 2.24) is 4.98 Å². The Hall–Kier alpha value is -3.65. The van der Waals surface area contributed by atoms with E-state index in [1.54, 1.807) is 31.3 Å². The van der Waals surface area contributed by atoms with Crippen molar-refractivity contribution in [2.75, 3.05) is 23.0 Å². The molecule has 0 aliphatic rings. The summed E-state index contributed by atoms with van der Waals surface area (Å²) in [5, 5.41) is 19.2. The molecule has 7 nitrogen and oxygen atoms in total. The largest absolute Gasteiger partial charge is 0.476 e. The fourth-order valence-electron chi connectivity index (χ4n) is 2.93. The Morgan fingerprint density at radius 2 is 1.87 bits per heavy atom. The number of nitrogens with one attached hydrogen (secondary N) is 3. The molecule has 0 saturated heterocycles. The van der Waals surface area contributed by atoms with Gasteiger partial charge in [-0.15, -0.1) is 0 Å². The second-order valence-electron chi connectivity index (χ2n) is 7.07. The third kappa shape index (κ3) is 5.70. The van der Waals surface area contributed by atoms with Crippen molar-refractivity contribution in [3.63, 3.8) is 0 Å². The van der Waals surface area contributed by atoms with Gasteiger partial charge in [0.25, 0.3) is 0 Å². The van der Waals surface area contributed by atoms with Crippen LogP contribution >= 0.6 is 12.2 Å². The molecule has 3 aromatic rings. The fourth-order valence-corrected chi connectivity index (χ4v) is 3.16. The molecule has 0 aliphatic heterocycles. The molecule has 0 spiro atoms. The summed E-state index contributed by atoms with van der Waals surface area (Å²) in [6.45, 7) is 4.27. The van der Waals surface area contributed by atoms with Gasteiger partial charge < -0.3 is 25.8 Å². The first kappa shape index (κ1) is 22.0. The van der Waals surface area contributed by atoms with E-state index in [2.05, 4.69) is 46.9 Å². The number of aromatic nitrogens is 1. The summed E-state index contributed by atoms with van der Waals surface area (Å²) in [6.07, 6.45) is 1.41. The van der Waals surface area contributed by atoms with Crippen LogP contribution in [-0.4, -0.2) is 28.2 Å². The summed E-state index contributed by atoms with van der Waals surface area (Å²) in [6, 6.07) is 16.5. The van der Waals surface area contributed by atoms with E-state index in [-0.39, 0.29) is 11.4 Å². The monoisotopic (exact) mass is 436 g/mol. The predicted octanol–water partition coefficient (Wildman–Crippen LogP) is 5.55. The SMILES string of the molecule is CNc1ccc(Oc2cccnc2C(=O)O)cc1NC(=S)Nc1cccc(C(C)C)c1. The Labute approximate surface area is 186 Å². The first-order chi connectivity index (χ1) is 14.9. The quantitative estimate of drug-likeness (QED) is 0.358. The van der Waals surface area contributed by atoms with Crippen LogP contribution < -0.4 is 20.7 Å². The Bertz CT molecular complexity index is 1100. The summed E-state index contributed by atoms with van der Waals surface area (Å²) in [5.41, 5.74) is 3.43.